The largest absolute Gasteiger partial charge is 0.357 e. The van der Waals surface area contributed by atoms with Gasteiger partial charge in [0.25, 0.3) is 0 Å². The van der Waals surface area contributed by atoms with Gasteiger partial charge in [0.1, 0.15) is 5.65 Å². The molecular formula is C16H17N5. The molecule has 2 N–H and O–H groups in total. The number of fused-ring (bicyclic) bond motifs is 1. The predicted molar refractivity (Wildman–Crippen MR) is 86.0 cm³/mol. The number of anilines is 1. The highest BCUT2D eigenvalue weighted by molar-refractivity contribution is 5.94. The first-order valence-corrected chi connectivity index (χ1v) is 6.80. The van der Waals surface area contributed by atoms with Crippen LogP contribution in [0.2, 0.25) is 0 Å². The molecule has 0 bridgehead atoms. The van der Waals surface area contributed by atoms with Crippen molar-refractivity contribution < 1.29 is 0 Å². The third-order valence-corrected chi connectivity index (χ3v) is 3.53. The molecule has 5 heteroatoms. The molecule has 3 heterocycles. The van der Waals surface area contributed by atoms with Crippen molar-refractivity contribution in [1.82, 2.24) is 19.9 Å². The molecule has 0 unspecified atom stereocenters. The molecule has 0 saturated carbocycles. The molecule has 5 nitrogen and oxygen atoms in total. The fourth-order valence-corrected chi connectivity index (χ4v) is 2.29. The molecule has 0 spiro atoms. The monoisotopic (exact) mass is 279 g/mol. The first-order valence-electron chi connectivity index (χ1n) is 6.80. The van der Waals surface area contributed by atoms with Crippen molar-refractivity contribution in [2.45, 2.75) is 13.8 Å². The predicted octanol–water partition coefficient (Wildman–Crippen LogP) is 3.26. The van der Waals surface area contributed by atoms with Gasteiger partial charge in [-0.15, -0.1) is 0 Å². The number of aromatic nitrogens is 4. The van der Waals surface area contributed by atoms with Gasteiger partial charge in [0.05, 0.1) is 0 Å². The van der Waals surface area contributed by atoms with E-state index in [1.165, 1.54) is 5.56 Å². The second-order valence-corrected chi connectivity index (χ2v) is 4.97. The molecule has 0 aliphatic carbocycles. The molecular weight excluding hydrogens is 262 g/mol. The first-order chi connectivity index (χ1) is 10.2. The van der Waals surface area contributed by atoms with Gasteiger partial charge in [-0.3, -0.25) is 4.98 Å². The minimum Gasteiger partial charge on any atom is -0.357 e. The lowest BCUT2D eigenvalue weighted by atomic mass is 10.0. The maximum absolute atomic E-state index is 4.40. The van der Waals surface area contributed by atoms with E-state index in [2.05, 4.69) is 45.2 Å². The van der Waals surface area contributed by atoms with Crippen LogP contribution in [0.15, 0.2) is 30.9 Å². The van der Waals surface area contributed by atoms with Crippen molar-refractivity contribution in [2.75, 3.05) is 12.4 Å². The quantitative estimate of drug-likeness (QED) is 0.772. The number of H-pyrrole nitrogens is 1. The number of aryl methyl sites for hydroxylation is 1. The molecule has 0 saturated heterocycles. The lowest BCUT2D eigenvalue weighted by molar-refractivity contribution is 1.18. The maximum atomic E-state index is 4.40. The Hall–Kier alpha value is -2.69. The number of allylic oxidation sites excluding steroid dienone is 1. The first kappa shape index (κ1) is 13.3. The van der Waals surface area contributed by atoms with E-state index < -0.39 is 0 Å². The Balaban J connectivity index is 2.06. The molecule has 0 aromatic carbocycles. The average Bonchev–Trinajstić information content (AvgIpc) is 2.92. The third kappa shape index (κ3) is 2.50. The second kappa shape index (κ2) is 5.36. The summed E-state index contributed by atoms with van der Waals surface area (Å²) in [6.07, 6.45) is 9.63. The van der Waals surface area contributed by atoms with Crippen LogP contribution >= 0.6 is 0 Å². The lowest BCUT2D eigenvalue weighted by Crippen LogP contribution is -1.95. The van der Waals surface area contributed by atoms with Crippen LogP contribution < -0.4 is 5.32 Å². The maximum Gasteiger partial charge on any atom is 0.224 e. The summed E-state index contributed by atoms with van der Waals surface area (Å²) < 4.78 is 0. The zero-order chi connectivity index (χ0) is 14.8. The van der Waals surface area contributed by atoms with E-state index in [4.69, 9.17) is 0 Å². The summed E-state index contributed by atoms with van der Waals surface area (Å²) in [5.41, 5.74) is 5.42. The molecule has 0 fully saturated rings. The fraction of sp³-hybridized carbons (Fsp3) is 0.188. The van der Waals surface area contributed by atoms with Gasteiger partial charge in [-0.2, -0.15) is 4.98 Å². The molecule has 21 heavy (non-hydrogen) atoms. The van der Waals surface area contributed by atoms with Gasteiger partial charge in [0.2, 0.25) is 5.95 Å². The number of nitrogens with one attached hydrogen (secondary N) is 2. The highest BCUT2D eigenvalue weighted by atomic mass is 15.1. The zero-order valence-electron chi connectivity index (χ0n) is 12.3. The molecule has 0 aliphatic rings. The van der Waals surface area contributed by atoms with Crippen LogP contribution in [-0.2, 0) is 0 Å². The summed E-state index contributed by atoms with van der Waals surface area (Å²) in [7, 11) is 1.81. The van der Waals surface area contributed by atoms with E-state index in [1.54, 1.807) is 13.2 Å². The molecule has 3 aromatic rings. The summed E-state index contributed by atoms with van der Waals surface area (Å²) in [4.78, 5) is 16.1. The van der Waals surface area contributed by atoms with Gasteiger partial charge in [0.15, 0.2) is 0 Å². The molecule has 0 radical (unpaired) electrons. The minimum absolute atomic E-state index is 0.612. The summed E-state index contributed by atoms with van der Waals surface area (Å²) in [6, 6.07) is 2.01. The number of hydrogen-bond donors (Lipinski definition) is 2. The van der Waals surface area contributed by atoms with E-state index >= 15 is 0 Å². The van der Waals surface area contributed by atoms with Crippen molar-refractivity contribution in [1.29, 1.82) is 0 Å². The van der Waals surface area contributed by atoms with Crippen LogP contribution in [0.25, 0.3) is 22.7 Å². The van der Waals surface area contributed by atoms with Crippen LogP contribution in [-0.4, -0.2) is 27.0 Å². The van der Waals surface area contributed by atoms with E-state index in [9.17, 15) is 0 Å². The van der Waals surface area contributed by atoms with Crippen LogP contribution in [0.4, 0.5) is 5.95 Å². The second-order valence-electron chi connectivity index (χ2n) is 4.97. The highest BCUT2D eigenvalue weighted by Gasteiger charge is 2.08. The number of hydrogen-bond acceptors (Lipinski definition) is 4. The van der Waals surface area contributed by atoms with Gasteiger partial charge in [-0.25, -0.2) is 4.98 Å². The Morgan fingerprint density at radius 1 is 1.33 bits per heavy atom. The van der Waals surface area contributed by atoms with Gasteiger partial charge in [-0.1, -0.05) is 0 Å². The van der Waals surface area contributed by atoms with Crippen molar-refractivity contribution in [2.24, 2.45) is 0 Å². The van der Waals surface area contributed by atoms with Crippen LogP contribution in [0.1, 0.15) is 23.6 Å². The normalized spacial score (nSPS) is 11.9. The smallest absolute Gasteiger partial charge is 0.224 e. The summed E-state index contributed by atoms with van der Waals surface area (Å²) in [5, 5.41) is 3.96. The Bertz CT molecular complexity index is 816. The summed E-state index contributed by atoms with van der Waals surface area (Å²) >= 11 is 0. The summed E-state index contributed by atoms with van der Waals surface area (Å²) in [6.45, 7) is 4.17. The van der Waals surface area contributed by atoms with Crippen LogP contribution in [0.3, 0.4) is 0 Å². The number of nitrogens with zero attached hydrogens (tertiary/aromatic N) is 3. The van der Waals surface area contributed by atoms with Gasteiger partial charge >= 0.3 is 0 Å². The molecule has 106 valence electrons. The van der Waals surface area contributed by atoms with Crippen molar-refractivity contribution >= 4 is 28.6 Å². The number of rotatable bonds is 3. The van der Waals surface area contributed by atoms with E-state index in [0.29, 0.717) is 5.95 Å². The van der Waals surface area contributed by atoms with E-state index in [0.717, 1.165) is 27.7 Å². The molecule has 0 atom stereocenters. The Kier molecular flexibility index (Phi) is 3.39. The Labute approximate surface area is 123 Å². The number of pyridine rings is 1. The van der Waals surface area contributed by atoms with Crippen molar-refractivity contribution in [3.8, 4) is 0 Å². The van der Waals surface area contributed by atoms with Crippen molar-refractivity contribution in [3.63, 3.8) is 0 Å². The highest BCUT2D eigenvalue weighted by Crippen LogP contribution is 2.26. The van der Waals surface area contributed by atoms with Gasteiger partial charge < -0.3 is 10.3 Å². The average molecular weight is 279 g/mol. The molecule has 0 aliphatic heterocycles. The Morgan fingerprint density at radius 3 is 2.95 bits per heavy atom. The minimum atomic E-state index is 0.612. The summed E-state index contributed by atoms with van der Waals surface area (Å²) in [5.74, 6) is 0.612. The standard InChI is InChI=1S/C16H17N5/c1-10-4-5-18-7-12(10)6-11(2)13-8-19-15-14(13)9-20-16(17-3)21-15/h4-9H,1-3H3,(H2,17,19,20,21)/b11-6+. The van der Waals surface area contributed by atoms with E-state index in [1.807, 2.05) is 24.7 Å². The third-order valence-electron chi connectivity index (χ3n) is 3.53. The molecule has 3 aromatic heterocycles. The Morgan fingerprint density at radius 2 is 2.19 bits per heavy atom. The SMILES string of the molecule is CNc1ncc2c(/C(C)=C/c3cnccc3C)c[nH]c2n1. The lowest BCUT2D eigenvalue weighted by Gasteiger charge is -2.03. The molecule has 0 amide bonds. The topological polar surface area (TPSA) is 66.5 Å². The fourth-order valence-electron chi connectivity index (χ4n) is 2.29. The van der Waals surface area contributed by atoms with Crippen molar-refractivity contribution in [3.05, 3.63) is 47.5 Å². The van der Waals surface area contributed by atoms with Gasteiger partial charge in [0, 0.05) is 42.8 Å². The van der Waals surface area contributed by atoms with Gasteiger partial charge in [-0.05, 0) is 42.7 Å². The zero-order valence-corrected chi connectivity index (χ0v) is 12.3. The number of aromatic amines is 1. The van der Waals surface area contributed by atoms with Crippen LogP contribution in [0, 0.1) is 6.92 Å². The van der Waals surface area contributed by atoms with E-state index in [-0.39, 0.29) is 0 Å². The van der Waals surface area contributed by atoms with Crippen LogP contribution in [0.5, 0.6) is 0 Å². The molecule has 3 rings (SSSR count).